The van der Waals surface area contributed by atoms with Gasteiger partial charge in [0.15, 0.2) is 0 Å². The predicted molar refractivity (Wildman–Crippen MR) is 69.2 cm³/mol. The molecule has 1 heterocycles. The third-order valence-corrected chi connectivity index (χ3v) is 2.95. The summed E-state index contributed by atoms with van der Waals surface area (Å²) in [5.74, 6) is -0.837. The first-order chi connectivity index (χ1) is 8.54. The molecule has 0 saturated carbocycles. The average molecular weight is 312 g/mol. The number of rotatable bonds is 1. The molecule has 0 unspecified atom stereocenters. The maximum Gasteiger partial charge on any atom is 0.636 e. The Kier molecular flexibility index (Phi) is 4.03. The van der Waals surface area contributed by atoms with Crippen LogP contribution >= 0.6 is 15.9 Å². The Labute approximate surface area is 113 Å². The standard InChI is InChI=1S/C11H11BBrNO4/c1-14-6-10(15)17-12(18-11(16)7-14)8-2-4-9(13)5-3-8/h2-5H,6-7H2,1H3. The van der Waals surface area contributed by atoms with Gasteiger partial charge in [0.25, 0.3) is 0 Å². The number of hydrogen-bond acceptors (Lipinski definition) is 5. The lowest BCUT2D eigenvalue weighted by Crippen LogP contribution is -2.47. The van der Waals surface area contributed by atoms with Crippen molar-refractivity contribution in [3.63, 3.8) is 0 Å². The summed E-state index contributed by atoms with van der Waals surface area (Å²) in [6.45, 7) is 0.143. The molecule has 0 atom stereocenters. The lowest BCUT2D eigenvalue weighted by atomic mass is 9.78. The minimum Gasteiger partial charge on any atom is -0.494 e. The highest BCUT2D eigenvalue weighted by Gasteiger charge is 2.33. The van der Waals surface area contributed by atoms with Gasteiger partial charge < -0.3 is 9.31 Å². The summed E-state index contributed by atoms with van der Waals surface area (Å²) >= 11 is 3.31. The second kappa shape index (κ2) is 5.54. The SMILES string of the molecule is CN1CC(=O)OB(c2ccc(Br)cc2)OC(=O)C1. The van der Waals surface area contributed by atoms with Crippen molar-refractivity contribution in [3.8, 4) is 0 Å². The fourth-order valence-electron chi connectivity index (χ4n) is 1.59. The molecule has 0 N–H and O–H groups in total. The van der Waals surface area contributed by atoms with Gasteiger partial charge in [-0.3, -0.25) is 14.5 Å². The Balaban J connectivity index is 2.18. The van der Waals surface area contributed by atoms with E-state index in [1.165, 1.54) is 0 Å². The molecule has 0 aliphatic carbocycles. The summed E-state index contributed by atoms with van der Waals surface area (Å²) in [7, 11) is 0.689. The molecule has 0 amide bonds. The van der Waals surface area contributed by atoms with Gasteiger partial charge in [-0.1, -0.05) is 28.1 Å². The molecule has 1 aromatic rings. The van der Waals surface area contributed by atoms with E-state index in [1.54, 1.807) is 36.2 Å². The third kappa shape index (κ3) is 3.33. The van der Waals surface area contributed by atoms with Crippen LogP contribution in [0.1, 0.15) is 0 Å². The predicted octanol–water partition coefficient (Wildman–Crippen LogP) is 0.176. The van der Waals surface area contributed by atoms with Gasteiger partial charge in [-0.15, -0.1) is 0 Å². The first-order valence-corrected chi connectivity index (χ1v) is 6.17. The van der Waals surface area contributed by atoms with E-state index in [1.807, 2.05) is 0 Å². The monoisotopic (exact) mass is 311 g/mol. The van der Waals surface area contributed by atoms with Crippen molar-refractivity contribution in [1.29, 1.82) is 0 Å². The van der Waals surface area contributed by atoms with Gasteiger partial charge in [-0.2, -0.15) is 0 Å². The molecular weight excluding hydrogens is 301 g/mol. The highest BCUT2D eigenvalue weighted by molar-refractivity contribution is 9.10. The van der Waals surface area contributed by atoms with Crippen molar-refractivity contribution in [2.24, 2.45) is 0 Å². The largest absolute Gasteiger partial charge is 0.636 e. The molecule has 0 bridgehead atoms. The Morgan fingerprint density at radius 2 is 1.61 bits per heavy atom. The number of halogens is 1. The zero-order chi connectivity index (χ0) is 13.1. The van der Waals surface area contributed by atoms with Crippen LogP contribution in [0.25, 0.3) is 0 Å². The van der Waals surface area contributed by atoms with Crippen molar-refractivity contribution in [2.75, 3.05) is 20.1 Å². The summed E-state index contributed by atoms with van der Waals surface area (Å²) < 4.78 is 11.1. The van der Waals surface area contributed by atoms with Crippen LogP contribution in [0.4, 0.5) is 0 Å². The Morgan fingerprint density at radius 3 is 2.11 bits per heavy atom. The first-order valence-electron chi connectivity index (χ1n) is 5.37. The summed E-state index contributed by atoms with van der Waals surface area (Å²) in [5.41, 5.74) is 0.629. The molecule has 7 heteroatoms. The summed E-state index contributed by atoms with van der Waals surface area (Å²) in [4.78, 5) is 24.6. The molecule has 0 radical (unpaired) electrons. The van der Waals surface area contributed by atoms with E-state index < -0.39 is 19.1 Å². The third-order valence-electron chi connectivity index (χ3n) is 2.42. The molecule has 1 fully saturated rings. The number of hydrogen-bond donors (Lipinski definition) is 0. The Hall–Kier alpha value is -1.34. The first kappa shape index (κ1) is 13.1. The van der Waals surface area contributed by atoms with Crippen molar-refractivity contribution in [3.05, 3.63) is 28.7 Å². The van der Waals surface area contributed by atoms with Crippen LogP contribution in [0.2, 0.25) is 0 Å². The number of carbonyl (C=O) groups excluding carboxylic acids is 2. The summed E-state index contributed by atoms with van der Waals surface area (Å²) in [6.07, 6.45) is 0. The molecule has 0 aromatic heterocycles. The minimum atomic E-state index is -0.966. The van der Waals surface area contributed by atoms with Gasteiger partial charge >= 0.3 is 19.1 Å². The lowest BCUT2D eigenvalue weighted by Gasteiger charge is -2.22. The van der Waals surface area contributed by atoms with Crippen LogP contribution < -0.4 is 5.46 Å². The number of nitrogens with zero attached hydrogens (tertiary/aromatic N) is 1. The maximum atomic E-state index is 11.5. The zero-order valence-electron chi connectivity index (χ0n) is 9.76. The van der Waals surface area contributed by atoms with Crippen LogP contribution in [0.5, 0.6) is 0 Å². The second-order valence-electron chi connectivity index (χ2n) is 4.04. The van der Waals surface area contributed by atoms with Crippen LogP contribution in [-0.4, -0.2) is 44.1 Å². The summed E-state index contributed by atoms with van der Waals surface area (Å²) in [5, 5.41) is 0. The van der Waals surface area contributed by atoms with E-state index >= 15 is 0 Å². The molecule has 1 aliphatic rings. The molecule has 2 rings (SSSR count). The molecule has 18 heavy (non-hydrogen) atoms. The smallest absolute Gasteiger partial charge is 0.494 e. The van der Waals surface area contributed by atoms with E-state index in [0.717, 1.165) is 4.47 Å². The summed E-state index contributed by atoms with van der Waals surface area (Å²) in [6, 6.07) is 7.06. The normalized spacial score (nSPS) is 17.8. The number of carbonyl (C=O) groups is 2. The van der Waals surface area contributed by atoms with E-state index in [2.05, 4.69) is 15.9 Å². The van der Waals surface area contributed by atoms with E-state index in [4.69, 9.17) is 9.31 Å². The van der Waals surface area contributed by atoms with Crippen molar-refractivity contribution < 1.29 is 18.9 Å². The number of likely N-dealkylation sites (N-methyl/N-ethyl adjacent to an activating group) is 1. The van der Waals surface area contributed by atoms with Crippen molar-refractivity contribution in [1.82, 2.24) is 4.90 Å². The van der Waals surface area contributed by atoms with E-state index in [9.17, 15) is 9.59 Å². The van der Waals surface area contributed by atoms with Gasteiger partial charge in [-0.25, -0.2) is 0 Å². The molecule has 94 valence electrons. The number of benzene rings is 1. The Bertz CT molecular complexity index is 445. The van der Waals surface area contributed by atoms with Gasteiger partial charge in [0.2, 0.25) is 0 Å². The molecule has 5 nitrogen and oxygen atoms in total. The van der Waals surface area contributed by atoms with E-state index in [0.29, 0.717) is 5.46 Å². The molecule has 1 saturated heterocycles. The quantitative estimate of drug-likeness (QED) is 0.692. The minimum absolute atomic E-state index is 0.0716. The maximum absolute atomic E-state index is 11.5. The van der Waals surface area contributed by atoms with Gasteiger partial charge in [0, 0.05) is 9.94 Å². The Morgan fingerprint density at radius 1 is 1.11 bits per heavy atom. The highest BCUT2D eigenvalue weighted by Crippen LogP contribution is 2.07. The lowest BCUT2D eigenvalue weighted by molar-refractivity contribution is -0.145. The molecule has 1 aromatic carbocycles. The van der Waals surface area contributed by atoms with Crippen molar-refractivity contribution in [2.45, 2.75) is 0 Å². The van der Waals surface area contributed by atoms with Crippen LogP contribution in [-0.2, 0) is 18.9 Å². The zero-order valence-corrected chi connectivity index (χ0v) is 11.3. The van der Waals surface area contributed by atoms with Crippen LogP contribution in [0.3, 0.4) is 0 Å². The van der Waals surface area contributed by atoms with Crippen LogP contribution in [0.15, 0.2) is 28.7 Å². The fourth-order valence-corrected chi connectivity index (χ4v) is 1.85. The molecule has 0 spiro atoms. The molecule has 1 aliphatic heterocycles. The van der Waals surface area contributed by atoms with Gasteiger partial charge in [-0.05, 0) is 19.2 Å². The van der Waals surface area contributed by atoms with E-state index in [-0.39, 0.29) is 13.1 Å². The van der Waals surface area contributed by atoms with Crippen LogP contribution in [0, 0.1) is 0 Å². The molecular formula is C11H11BBrNO4. The van der Waals surface area contributed by atoms with Gasteiger partial charge in [0.1, 0.15) is 0 Å². The second-order valence-corrected chi connectivity index (χ2v) is 4.95. The fraction of sp³-hybridized carbons (Fsp3) is 0.273. The highest BCUT2D eigenvalue weighted by atomic mass is 79.9. The van der Waals surface area contributed by atoms with Crippen molar-refractivity contribution >= 4 is 40.4 Å². The topological polar surface area (TPSA) is 55.8 Å². The average Bonchev–Trinajstić information content (AvgIpc) is 2.26. The van der Waals surface area contributed by atoms with Gasteiger partial charge in [0.05, 0.1) is 13.1 Å².